The third kappa shape index (κ3) is 4.44. The summed E-state index contributed by atoms with van der Waals surface area (Å²) in [7, 11) is 1.44. The molecule has 0 bridgehead atoms. The number of aliphatic carboxylic acids is 1. The van der Waals surface area contributed by atoms with Crippen LogP contribution in [0, 0.1) is 0 Å². The van der Waals surface area contributed by atoms with Crippen molar-refractivity contribution in [1.82, 2.24) is 10.6 Å². The topological polar surface area (TPSA) is 87.7 Å². The van der Waals surface area contributed by atoms with Crippen molar-refractivity contribution in [1.29, 1.82) is 0 Å². The zero-order valence-electron chi connectivity index (χ0n) is 11.9. The lowest BCUT2D eigenvalue weighted by Gasteiger charge is -2.24. The number of aryl methyl sites for hydroxylation is 1. The number of fused-ring (bicyclic) bond motifs is 1. The molecule has 6 nitrogen and oxygen atoms in total. The number of methoxy groups -OCH3 is 1. The number of hydrogen-bond acceptors (Lipinski definition) is 4. The van der Waals surface area contributed by atoms with Gasteiger partial charge in [0.25, 0.3) is 0 Å². The van der Waals surface area contributed by atoms with Crippen LogP contribution in [0.1, 0.15) is 35.7 Å². The quantitative estimate of drug-likeness (QED) is 0.749. The van der Waals surface area contributed by atoms with Crippen molar-refractivity contribution < 1.29 is 19.4 Å². The van der Waals surface area contributed by atoms with E-state index in [4.69, 9.17) is 9.84 Å². The number of hydrogen-bond donors (Lipinski definition) is 3. The van der Waals surface area contributed by atoms with Crippen LogP contribution < -0.4 is 10.6 Å². The minimum atomic E-state index is -0.945. The van der Waals surface area contributed by atoms with Gasteiger partial charge in [-0.05, 0) is 36.3 Å². The number of rotatable bonds is 6. The first-order valence-electron chi connectivity index (χ1n) is 6.95. The van der Waals surface area contributed by atoms with E-state index in [1.807, 2.05) is 0 Å². The molecule has 0 fully saturated rings. The molecule has 116 valence electrons. The summed E-state index contributed by atoms with van der Waals surface area (Å²) in [6.45, 7) is 0.178. The van der Waals surface area contributed by atoms with Gasteiger partial charge in [0, 0.05) is 18.5 Å². The SMILES string of the molecule is COC(CNC(=O)NC1CCCc2sccc21)CC(=O)O. The third-order valence-corrected chi connectivity index (χ3v) is 4.58. The van der Waals surface area contributed by atoms with Crippen LogP contribution >= 0.6 is 11.3 Å². The number of urea groups is 1. The molecule has 1 aromatic heterocycles. The number of carbonyl (C=O) groups is 2. The fraction of sp³-hybridized carbons (Fsp3) is 0.571. The van der Waals surface area contributed by atoms with E-state index in [9.17, 15) is 9.59 Å². The molecule has 0 spiro atoms. The maximum absolute atomic E-state index is 11.9. The lowest BCUT2D eigenvalue weighted by molar-refractivity contribution is -0.139. The predicted molar refractivity (Wildman–Crippen MR) is 79.6 cm³/mol. The zero-order valence-corrected chi connectivity index (χ0v) is 12.7. The molecule has 1 heterocycles. The second kappa shape index (κ2) is 7.42. The predicted octanol–water partition coefficient (Wildman–Crippen LogP) is 1.91. The number of thiophene rings is 1. The molecular weight excluding hydrogens is 292 g/mol. The Morgan fingerprint density at radius 2 is 2.38 bits per heavy atom. The van der Waals surface area contributed by atoms with Gasteiger partial charge >= 0.3 is 12.0 Å². The summed E-state index contributed by atoms with van der Waals surface area (Å²) in [5, 5.41) is 16.4. The van der Waals surface area contributed by atoms with E-state index < -0.39 is 12.1 Å². The molecule has 2 unspecified atom stereocenters. The summed E-state index contributed by atoms with van der Waals surface area (Å²) in [5.74, 6) is -0.945. The van der Waals surface area contributed by atoms with Crippen molar-refractivity contribution in [3.8, 4) is 0 Å². The zero-order chi connectivity index (χ0) is 15.2. The van der Waals surface area contributed by atoms with Gasteiger partial charge in [-0.15, -0.1) is 11.3 Å². The number of carboxylic acids is 1. The van der Waals surface area contributed by atoms with Crippen molar-refractivity contribution in [2.45, 2.75) is 37.8 Å². The van der Waals surface area contributed by atoms with Crippen LogP contribution in [0.5, 0.6) is 0 Å². The molecule has 2 rings (SSSR count). The van der Waals surface area contributed by atoms with Gasteiger partial charge in [0.15, 0.2) is 0 Å². The summed E-state index contributed by atoms with van der Waals surface area (Å²) in [6.07, 6.45) is 2.43. The van der Waals surface area contributed by atoms with Crippen LogP contribution in [-0.2, 0) is 16.0 Å². The van der Waals surface area contributed by atoms with E-state index in [0.29, 0.717) is 0 Å². The Balaban J connectivity index is 1.82. The molecule has 1 aliphatic rings. The van der Waals surface area contributed by atoms with Gasteiger partial charge in [-0.25, -0.2) is 4.79 Å². The van der Waals surface area contributed by atoms with Crippen LogP contribution in [-0.4, -0.2) is 36.9 Å². The van der Waals surface area contributed by atoms with E-state index in [1.165, 1.54) is 17.6 Å². The van der Waals surface area contributed by atoms with Gasteiger partial charge in [-0.1, -0.05) is 0 Å². The van der Waals surface area contributed by atoms with Gasteiger partial charge in [0.1, 0.15) is 0 Å². The number of carboxylic acid groups (broad SMARTS) is 1. The van der Waals surface area contributed by atoms with Gasteiger partial charge in [-0.2, -0.15) is 0 Å². The highest BCUT2D eigenvalue weighted by Gasteiger charge is 2.23. The minimum absolute atomic E-state index is 0.0421. The second-order valence-corrected chi connectivity index (χ2v) is 6.05. The smallest absolute Gasteiger partial charge is 0.315 e. The van der Waals surface area contributed by atoms with Crippen molar-refractivity contribution in [3.05, 3.63) is 21.9 Å². The summed E-state index contributed by atoms with van der Waals surface area (Å²) < 4.78 is 5.02. The van der Waals surface area contributed by atoms with Gasteiger partial charge in [0.2, 0.25) is 0 Å². The number of ether oxygens (including phenoxy) is 1. The fourth-order valence-electron chi connectivity index (χ4n) is 2.49. The molecule has 0 aromatic carbocycles. The third-order valence-electron chi connectivity index (χ3n) is 3.58. The van der Waals surface area contributed by atoms with Gasteiger partial charge < -0.3 is 20.5 Å². The molecule has 21 heavy (non-hydrogen) atoms. The first kappa shape index (κ1) is 15.8. The Morgan fingerprint density at radius 3 is 3.10 bits per heavy atom. The average molecular weight is 312 g/mol. The molecule has 2 amide bonds. The molecule has 2 atom stereocenters. The first-order valence-corrected chi connectivity index (χ1v) is 7.83. The van der Waals surface area contributed by atoms with Gasteiger partial charge in [0.05, 0.1) is 18.6 Å². The Hall–Kier alpha value is -1.60. The lowest BCUT2D eigenvalue weighted by atomic mass is 9.94. The van der Waals surface area contributed by atoms with E-state index in [0.717, 1.165) is 19.3 Å². The Bertz CT molecular complexity index is 503. The maximum Gasteiger partial charge on any atom is 0.315 e. The second-order valence-electron chi connectivity index (χ2n) is 5.05. The summed E-state index contributed by atoms with van der Waals surface area (Å²) in [4.78, 5) is 23.9. The molecule has 1 aromatic rings. The minimum Gasteiger partial charge on any atom is -0.481 e. The fourth-order valence-corrected chi connectivity index (χ4v) is 3.47. The Kier molecular flexibility index (Phi) is 5.58. The van der Waals surface area contributed by atoms with Crippen molar-refractivity contribution in [2.24, 2.45) is 0 Å². The normalized spacial score (nSPS) is 18.6. The van der Waals surface area contributed by atoms with Crippen LogP contribution in [0.4, 0.5) is 4.79 Å². The van der Waals surface area contributed by atoms with Crippen molar-refractivity contribution in [3.63, 3.8) is 0 Å². The maximum atomic E-state index is 11.9. The van der Waals surface area contributed by atoms with Crippen LogP contribution in [0.3, 0.4) is 0 Å². The van der Waals surface area contributed by atoms with Crippen LogP contribution in [0.15, 0.2) is 11.4 Å². The molecular formula is C14H20N2O4S. The molecule has 0 radical (unpaired) electrons. The molecule has 1 aliphatic carbocycles. The lowest BCUT2D eigenvalue weighted by Crippen LogP contribution is -2.42. The summed E-state index contributed by atoms with van der Waals surface area (Å²) in [5.41, 5.74) is 1.20. The summed E-state index contributed by atoms with van der Waals surface area (Å²) in [6, 6.07) is 1.82. The van der Waals surface area contributed by atoms with E-state index in [-0.39, 0.29) is 25.0 Å². The highest BCUT2D eigenvalue weighted by molar-refractivity contribution is 7.10. The van der Waals surface area contributed by atoms with E-state index in [1.54, 1.807) is 11.3 Å². The highest BCUT2D eigenvalue weighted by atomic mass is 32.1. The largest absolute Gasteiger partial charge is 0.481 e. The average Bonchev–Trinajstić information content (AvgIpc) is 2.92. The van der Waals surface area contributed by atoms with Gasteiger partial charge in [-0.3, -0.25) is 4.79 Å². The molecule has 0 aliphatic heterocycles. The number of nitrogens with one attached hydrogen (secondary N) is 2. The van der Waals surface area contributed by atoms with Crippen LogP contribution in [0.2, 0.25) is 0 Å². The molecule has 7 heteroatoms. The van der Waals surface area contributed by atoms with Crippen molar-refractivity contribution in [2.75, 3.05) is 13.7 Å². The standard InChI is InChI=1S/C14H20N2O4S/c1-20-9(7-13(17)18)8-15-14(19)16-11-3-2-4-12-10(11)5-6-21-12/h5-6,9,11H,2-4,7-8H2,1H3,(H,17,18)(H2,15,16,19). The van der Waals surface area contributed by atoms with Crippen LogP contribution in [0.25, 0.3) is 0 Å². The number of carbonyl (C=O) groups excluding carboxylic acids is 1. The molecule has 0 saturated heterocycles. The van der Waals surface area contributed by atoms with E-state index >= 15 is 0 Å². The Labute approximate surface area is 127 Å². The molecule has 3 N–H and O–H groups in total. The monoisotopic (exact) mass is 312 g/mol. The van der Waals surface area contributed by atoms with Crippen molar-refractivity contribution >= 4 is 23.3 Å². The summed E-state index contributed by atoms with van der Waals surface area (Å²) >= 11 is 1.73. The molecule has 0 saturated carbocycles. The Morgan fingerprint density at radius 1 is 1.57 bits per heavy atom. The first-order chi connectivity index (χ1) is 10.1. The van der Waals surface area contributed by atoms with E-state index in [2.05, 4.69) is 22.1 Å². The number of amides is 2. The highest BCUT2D eigenvalue weighted by Crippen LogP contribution is 2.33.